The first-order valence-corrected chi connectivity index (χ1v) is 7.79. The maximum atomic E-state index is 14.2. The summed E-state index contributed by atoms with van der Waals surface area (Å²) in [4.78, 5) is 1.80. The first-order valence-electron chi connectivity index (χ1n) is 6.98. The molecule has 0 saturated carbocycles. The van der Waals surface area contributed by atoms with Gasteiger partial charge in [0.2, 0.25) is 0 Å². The zero-order valence-electron chi connectivity index (χ0n) is 12.5. The summed E-state index contributed by atoms with van der Waals surface area (Å²) in [5, 5.41) is 3.08. The Morgan fingerprint density at radius 2 is 1.43 bits per heavy atom. The van der Waals surface area contributed by atoms with Gasteiger partial charge in [0.15, 0.2) is 0 Å². The third-order valence-corrected chi connectivity index (χ3v) is 4.58. The van der Waals surface area contributed by atoms with Gasteiger partial charge in [0.25, 0.3) is 0 Å². The minimum absolute atomic E-state index is 0. The van der Waals surface area contributed by atoms with Crippen molar-refractivity contribution in [1.29, 1.82) is 0 Å². The van der Waals surface area contributed by atoms with Gasteiger partial charge in [-0.3, -0.25) is 0 Å². The number of hydrogen-bond donors (Lipinski definition) is 1. The smallest absolute Gasteiger partial charge is 0.131 e. The largest absolute Gasteiger partial charge is 0.315 e. The minimum atomic E-state index is -0.297. The predicted molar refractivity (Wildman–Crippen MR) is 95.1 cm³/mol. The Morgan fingerprint density at radius 3 is 2.00 bits per heavy atom. The van der Waals surface area contributed by atoms with Crippen LogP contribution < -0.4 is 5.32 Å². The molecule has 0 atom stereocenters. The normalized spacial score (nSPS) is 10.4. The van der Waals surface area contributed by atoms with Crippen molar-refractivity contribution < 1.29 is 8.78 Å². The number of benzene rings is 2. The van der Waals surface area contributed by atoms with Gasteiger partial charge in [-0.05, 0) is 25.2 Å². The lowest BCUT2D eigenvalue weighted by Crippen LogP contribution is -2.02. The second kappa shape index (κ2) is 7.68. The van der Waals surface area contributed by atoms with Crippen LogP contribution in [-0.2, 0) is 6.54 Å². The zero-order valence-corrected chi connectivity index (χ0v) is 14.1. The van der Waals surface area contributed by atoms with Crippen LogP contribution in [0.3, 0.4) is 0 Å². The summed E-state index contributed by atoms with van der Waals surface area (Å²) in [5.41, 5.74) is 1.74. The van der Waals surface area contributed by atoms with E-state index in [1.165, 1.54) is 23.5 Å². The molecule has 0 unspecified atom stereocenters. The van der Waals surface area contributed by atoms with E-state index in [4.69, 9.17) is 0 Å². The Bertz CT molecular complexity index is 738. The molecule has 1 N–H and O–H groups in total. The number of nitrogens with one attached hydrogen (secondary N) is 1. The summed E-state index contributed by atoms with van der Waals surface area (Å²) >= 11 is 1.49. The number of thiophene rings is 1. The Labute approximate surface area is 144 Å². The van der Waals surface area contributed by atoms with Gasteiger partial charge in [0.1, 0.15) is 11.6 Å². The van der Waals surface area contributed by atoms with Crippen molar-refractivity contribution in [2.75, 3.05) is 7.05 Å². The lowest BCUT2D eigenvalue weighted by Gasteiger charge is -2.06. The molecule has 0 aliphatic rings. The van der Waals surface area contributed by atoms with Crippen LogP contribution in [0.4, 0.5) is 8.78 Å². The fourth-order valence-corrected chi connectivity index (χ4v) is 3.64. The van der Waals surface area contributed by atoms with E-state index in [9.17, 15) is 8.78 Å². The molecule has 120 valence electrons. The van der Waals surface area contributed by atoms with Gasteiger partial charge in [-0.1, -0.05) is 36.4 Å². The third-order valence-electron chi connectivity index (χ3n) is 3.42. The zero-order chi connectivity index (χ0) is 15.5. The lowest BCUT2D eigenvalue weighted by atomic mass is 10.0. The molecule has 0 radical (unpaired) electrons. The van der Waals surface area contributed by atoms with Gasteiger partial charge in [-0.15, -0.1) is 23.7 Å². The fraction of sp³-hybridized carbons (Fsp3) is 0.111. The lowest BCUT2D eigenvalue weighted by molar-refractivity contribution is 0.629. The molecule has 5 heteroatoms. The van der Waals surface area contributed by atoms with Crippen molar-refractivity contribution in [2.45, 2.75) is 6.54 Å². The summed E-state index contributed by atoms with van der Waals surface area (Å²) in [5.74, 6) is -0.591. The molecule has 0 amide bonds. The highest BCUT2D eigenvalue weighted by Gasteiger charge is 2.17. The molecule has 3 rings (SSSR count). The molecule has 2 aromatic carbocycles. The highest BCUT2D eigenvalue weighted by atomic mass is 35.5. The topological polar surface area (TPSA) is 12.0 Å². The Balaban J connectivity index is 0.00000192. The average molecular weight is 352 g/mol. The minimum Gasteiger partial charge on any atom is -0.315 e. The quantitative estimate of drug-likeness (QED) is 0.654. The standard InChI is InChI=1S/C18H15F2NS.ClH/c1-21-11-12-10-15(13-6-2-4-8-16(13)19)18(22-12)14-7-3-5-9-17(14)20;/h2-10,21H,11H2,1H3;1H. The maximum Gasteiger partial charge on any atom is 0.131 e. The molecular formula is C18H16ClF2NS. The molecule has 0 bridgehead atoms. The van der Waals surface area contributed by atoms with Gasteiger partial charge in [0.05, 0.1) is 0 Å². The second-order valence-electron chi connectivity index (χ2n) is 4.95. The van der Waals surface area contributed by atoms with Crippen molar-refractivity contribution in [2.24, 2.45) is 0 Å². The number of rotatable bonds is 4. The van der Waals surface area contributed by atoms with E-state index >= 15 is 0 Å². The van der Waals surface area contributed by atoms with Crippen molar-refractivity contribution >= 4 is 23.7 Å². The van der Waals surface area contributed by atoms with Gasteiger partial charge >= 0.3 is 0 Å². The molecule has 0 fully saturated rings. The molecule has 1 nitrogen and oxygen atoms in total. The molecule has 1 heterocycles. The van der Waals surface area contributed by atoms with Gasteiger partial charge in [0, 0.05) is 33.0 Å². The molecule has 0 saturated heterocycles. The van der Waals surface area contributed by atoms with Crippen molar-refractivity contribution in [3.05, 3.63) is 71.1 Å². The van der Waals surface area contributed by atoms with Crippen molar-refractivity contribution in [1.82, 2.24) is 5.32 Å². The summed E-state index contributed by atoms with van der Waals surface area (Å²) < 4.78 is 28.3. The molecule has 23 heavy (non-hydrogen) atoms. The molecule has 0 aliphatic heterocycles. The third kappa shape index (κ3) is 3.61. The summed E-state index contributed by atoms with van der Waals surface area (Å²) in [6.07, 6.45) is 0. The predicted octanol–water partition coefficient (Wildman–Crippen LogP) is 5.50. The van der Waals surface area contributed by atoms with Crippen molar-refractivity contribution in [3.63, 3.8) is 0 Å². The monoisotopic (exact) mass is 351 g/mol. The van der Waals surface area contributed by atoms with Crippen LogP contribution in [0.25, 0.3) is 21.6 Å². The van der Waals surface area contributed by atoms with Crippen LogP contribution in [0.15, 0.2) is 54.6 Å². The first kappa shape index (κ1) is 17.6. The van der Waals surface area contributed by atoms with E-state index in [1.54, 1.807) is 36.4 Å². The molecular weight excluding hydrogens is 336 g/mol. The molecule has 1 aromatic heterocycles. The van der Waals surface area contributed by atoms with E-state index in [0.29, 0.717) is 17.7 Å². The Morgan fingerprint density at radius 1 is 0.870 bits per heavy atom. The van der Waals surface area contributed by atoms with Crippen molar-refractivity contribution in [3.8, 4) is 21.6 Å². The first-order chi connectivity index (χ1) is 10.7. The molecule has 3 aromatic rings. The van der Waals surface area contributed by atoms with E-state index in [-0.39, 0.29) is 24.0 Å². The van der Waals surface area contributed by atoms with Crippen LogP contribution in [0.5, 0.6) is 0 Å². The maximum absolute atomic E-state index is 14.2. The SMILES string of the molecule is CNCc1cc(-c2ccccc2F)c(-c2ccccc2F)s1.Cl. The fourth-order valence-electron chi connectivity index (χ4n) is 2.43. The second-order valence-corrected chi connectivity index (χ2v) is 6.08. The molecule has 0 spiro atoms. The van der Waals surface area contributed by atoms with Gasteiger partial charge in [-0.2, -0.15) is 0 Å². The van der Waals surface area contributed by atoms with Crippen LogP contribution in [0.2, 0.25) is 0 Å². The van der Waals surface area contributed by atoms with E-state index in [1.807, 2.05) is 13.1 Å². The highest BCUT2D eigenvalue weighted by molar-refractivity contribution is 7.16. The van der Waals surface area contributed by atoms with Crippen LogP contribution in [0.1, 0.15) is 4.88 Å². The summed E-state index contributed by atoms with van der Waals surface area (Å²) in [6, 6.07) is 15.1. The van der Waals surface area contributed by atoms with E-state index in [2.05, 4.69) is 5.32 Å². The number of halogens is 3. The number of hydrogen-bond acceptors (Lipinski definition) is 2. The van der Waals surface area contributed by atoms with E-state index < -0.39 is 0 Å². The van der Waals surface area contributed by atoms with Gasteiger partial charge in [-0.25, -0.2) is 8.78 Å². The molecule has 0 aliphatic carbocycles. The van der Waals surface area contributed by atoms with Gasteiger partial charge < -0.3 is 5.32 Å². The van der Waals surface area contributed by atoms with Crippen LogP contribution >= 0.6 is 23.7 Å². The Hall–Kier alpha value is -1.75. The average Bonchev–Trinajstić information content (AvgIpc) is 2.92. The van der Waals surface area contributed by atoms with E-state index in [0.717, 1.165) is 15.3 Å². The van der Waals surface area contributed by atoms with Crippen LogP contribution in [0, 0.1) is 11.6 Å². The summed E-state index contributed by atoms with van der Waals surface area (Å²) in [7, 11) is 1.85. The Kier molecular flexibility index (Phi) is 5.88. The van der Waals surface area contributed by atoms with Crippen LogP contribution in [-0.4, -0.2) is 7.05 Å². The highest BCUT2D eigenvalue weighted by Crippen LogP contribution is 2.41. The summed E-state index contributed by atoms with van der Waals surface area (Å²) in [6.45, 7) is 0.667.